The Morgan fingerprint density at radius 2 is 1.63 bits per heavy atom. The van der Waals surface area contributed by atoms with Gasteiger partial charge in [-0.3, -0.25) is 4.90 Å². The van der Waals surface area contributed by atoms with Crippen LogP contribution >= 0.6 is 0 Å². The predicted octanol–water partition coefficient (Wildman–Crippen LogP) is 2.73. The van der Waals surface area contributed by atoms with Crippen molar-refractivity contribution in [3.05, 3.63) is 35.4 Å². The molecule has 0 spiro atoms. The molecule has 3 aliphatic carbocycles. The summed E-state index contributed by atoms with van der Waals surface area (Å²) in [6.07, 6.45) is 6.93. The van der Waals surface area contributed by atoms with E-state index in [4.69, 9.17) is 5.73 Å². The van der Waals surface area contributed by atoms with Crippen LogP contribution in [0.2, 0.25) is 0 Å². The first-order chi connectivity index (χ1) is 9.31. The van der Waals surface area contributed by atoms with Crippen molar-refractivity contribution in [3.8, 4) is 0 Å². The molecule has 19 heavy (non-hydrogen) atoms. The summed E-state index contributed by atoms with van der Waals surface area (Å²) in [5.41, 5.74) is 9.42. The maximum Gasteiger partial charge on any atom is 0.0459 e. The summed E-state index contributed by atoms with van der Waals surface area (Å²) >= 11 is 0. The van der Waals surface area contributed by atoms with Crippen molar-refractivity contribution >= 4 is 0 Å². The molecular weight excluding hydrogens is 232 g/mol. The van der Waals surface area contributed by atoms with E-state index in [1.54, 1.807) is 0 Å². The number of fused-ring (bicyclic) bond motifs is 1. The molecule has 0 amide bonds. The van der Waals surface area contributed by atoms with Gasteiger partial charge in [0.25, 0.3) is 0 Å². The molecule has 2 saturated carbocycles. The zero-order valence-corrected chi connectivity index (χ0v) is 11.6. The molecule has 2 unspecified atom stereocenters. The van der Waals surface area contributed by atoms with Gasteiger partial charge in [0.05, 0.1) is 0 Å². The smallest absolute Gasteiger partial charge is 0.0459 e. The number of rotatable bonds is 5. The average Bonchev–Trinajstić information content (AvgIpc) is 3.32. The Bertz CT molecular complexity index is 448. The largest absolute Gasteiger partial charge is 0.323 e. The number of nitrogens with zero attached hydrogens (tertiary/aromatic N) is 1. The molecule has 2 N–H and O–H groups in total. The zero-order chi connectivity index (χ0) is 12.8. The molecular formula is C17H24N2. The van der Waals surface area contributed by atoms with Crippen LogP contribution in [-0.4, -0.2) is 24.0 Å². The second-order valence-corrected chi connectivity index (χ2v) is 6.84. The molecule has 0 aliphatic heterocycles. The Balaban J connectivity index is 1.52. The highest BCUT2D eigenvalue weighted by Gasteiger charge is 2.38. The fourth-order valence-electron chi connectivity index (χ4n) is 3.57. The SMILES string of the molecule is NC1c2ccccc2CC1N(CC1CC1)CC1CC1. The lowest BCUT2D eigenvalue weighted by Crippen LogP contribution is -2.43. The van der Waals surface area contributed by atoms with Gasteiger partial charge >= 0.3 is 0 Å². The van der Waals surface area contributed by atoms with Crippen LogP contribution in [0.25, 0.3) is 0 Å². The van der Waals surface area contributed by atoms with Crippen molar-refractivity contribution in [2.75, 3.05) is 13.1 Å². The first-order valence-electron chi connectivity index (χ1n) is 7.88. The molecule has 0 bridgehead atoms. The van der Waals surface area contributed by atoms with E-state index in [-0.39, 0.29) is 6.04 Å². The highest BCUT2D eigenvalue weighted by Crippen LogP contribution is 2.39. The summed E-state index contributed by atoms with van der Waals surface area (Å²) in [5.74, 6) is 1.93. The van der Waals surface area contributed by atoms with Gasteiger partial charge in [-0.2, -0.15) is 0 Å². The molecule has 2 atom stereocenters. The third-order valence-corrected chi connectivity index (χ3v) is 5.11. The number of hydrogen-bond donors (Lipinski definition) is 1. The summed E-state index contributed by atoms with van der Waals surface area (Å²) in [4.78, 5) is 2.74. The van der Waals surface area contributed by atoms with E-state index >= 15 is 0 Å². The van der Waals surface area contributed by atoms with E-state index in [0.717, 1.165) is 18.3 Å². The van der Waals surface area contributed by atoms with Crippen LogP contribution < -0.4 is 5.73 Å². The van der Waals surface area contributed by atoms with Gasteiger partial charge < -0.3 is 5.73 Å². The molecule has 2 fully saturated rings. The molecule has 4 rings (SSSR count). The summed E-state index contributed by atoms with van der Waals surface area (Å²) in [6.45, 7) is 2.59. The van der Waals surface area contributed by atoms with Crippen molar-refractivity contribution in [1.29, 1.82) is 0 Å². The lowest BCUT2D eigenvalue weighted by Gasteiger charge is -2.32. The van der Waals surface area contributed by atoms with E-state index in [1.165, 1.54) is 49.9 Å². The molecule has 102 valence electrons. The fraction of sp³-hybridized carbons (Fsp3) is 0.647. The first kappa shape index (κ1) is 11.9. The predicted molar refractivity (Wildman–Crippen MR) is 77.9 cm³/mol. The average molecular weight is 256 g/mol. The van der Waals surface area contributed by atoms with Crippen LogP contribution in [0.3, 0.4) is 0 Å². The summed E-state index contributed by atoms with van der Waals surface area (Å²) in [6, 6.07) is 9.56. The maximum atomic E-state index is 6.54. The van der Waals surface area contributed by atoms with E-state index in [9.17, 15) is 0 Å². The summed E-state index contributed by atoms with van der Waals surface area (Å²) in [5, 5.41) is 0. The topological polar surface area (TPSA) is 29.3 Å². The van der Waals surface area contributed by atoms with Crippen LogP contribution in [0.15, 0.2) is 24.3 Å². The van der Waals surface area contributed by atoms with Crippen molar-refractivity contribution < 1.29 is 0 Å². The maximum absolute atomic E-state index is 6.54. The minimum absolute atomic E-state index is 0.230. The Kier molecular flexibility index (Phi) is 2.89. The molecule has 2 nitrogen and oxygen atoms in total. The lowest BCUT2D eigenvalue weighted by atomic mass is 10.1. The van der Waals surface area contributed by atoms with E-state index in [0.29, 0.717) is 6.04 Å². The second kappa shape index (κ2) is 4.60. The number of nitrogens with two attached hydrogens (primary N) is 1. The molecule has 0 saturated heterocycles. The van der Waals surface area contributed by atoms with E-state index in [2.05, 4.69) is 29.2 Å². The van der Waals surface area contributed by atoms with Gasteiger partial charge in [0, 0.05) is 25.2 Å². The van der Waals surface area contributed by atoms with Crippen LogP contribution in [0.4, 0.5) is 0 Å². The van der Waals surface area contributed by atoms with Crippen molar-refractivity contribution in [1.82, 2.24) is 4.90 Å². The van der Waals surface area contributed by atoms with Gasteiger partial charge in [-0.1, -0.05) is 24.3 Å². The van der Waals surface area contributed by atoms with E-state index in [1.807, 2.05) is 0 Å². The summed E-state index contributed by atoms with van der Waals surface area (Å²) < 4.78 is 0. The van der Waals surface area contributed by atoms with Gasteiger partial charge in [0.1, 0.15) is 0 Å². The Hall–Kier alpha value is -0.860. The Morgan fingerprint density at radius 1 is 1.00 bits per heavy atom. The Morgan fingerprint density at radius 3 is 2.21 bits per heavy atom. The van der Waals surface area contributed by atoms with Crippen LogP contribution in [0.1, 0.15) is 42.9 Å². The summed E-state index contributed by atoms with van der Waals surface area (Å²) in [7, 11) is 0. The highest BCUT2D eigenvalue weighted by atomic mass is 15.2. The van der Waals surface area contributed by atoms with Gasteiger partial charge in [0.2, 0.25) is 0 Å². The monoisotopic (exact) mass is 256 g/mol. The molecule has 0 aromatic heterocycles. The quantitative estimate of drug-likeness (QED) is 0.877. The second-order valence-electron chi connectivity index (χ2n) is 6.84. The molecule has 2 heteroatoms. The highest BCUT2D eigenvalue weighted by molar-refractivity contribution is 5.37. The fourth-order valence-corrected chi connectivity index (χ4v) is 3.57. The van der Waals surface area contributed by atoms with Crippen molar-refractivity contribution in [3.63, 3.8) is 0 Å². The minimum atomic E-state index is 0.230. The Labute approximate surface area is 116 Å². The van der Waals surface area contributed by atoms with E-state index < -0.39 is 0 Å². The van der Waals surface area contributed by atoms with Gasteiger partial charge in [0.15, 0.2) is 0 Å². The number of hydrogen-bond acceptors (Lipinski definition) is 2. The zero-order valence-electron chi connectivity index (χ0n) is 11.6. The third-order valence-electron chi connectivity index (χ3n) is 5.11. The standard InChI is InChI=1S/C17H24N2/c18-17-15-4-2-1-3-14(15)9-16(17)19(10-12-5-6-12)11-13-7-8-13/h1-4,12-13,16-17H,5-11,18H2. The molecule has 1 aromatic rings. The van der Waals surface area contributed by atoms with Gasteiger partial charge in [-0.05, 0) is 55.1 Å². The molecule has 0 heterocycles. The van der Waals surface area contributed by atoms with Gasteiger partial charge in [-0.25, -0.2) is 0 Å². The third kappa shape index (κ3) is 2.44. The lowest BCUT2D eigenvalue weighted by molar-refractivity contribution is 0.165. The van der Waals surface area contributed by atoms with Crippen molar-refractivity contribution in [2.45, 2.75) is 44.2 Å². The number of benzene rings is 1. The first-order valence-corrected chi connectivity index (χ1v) is 7.88. The molecule has 1 aromatic carbocycles. The minimum Gasteiger partial charge on any atom is -0.323 e. The van der Waals surface area contributed by atoms with Crippen LogP contribution in [-0.2, 0) is 6.42 Å². The normalized spacial score (nSPS) is 29.8. The van der Waals surface area contributed by atoms with Gasteiger partial charge in [-0.15, -0.1) is 0 Å². The van der Waals surface area contributed by atoms with Crippen LogP contribution in [0, 0.1) is 11.8 Å². The van der Waals surface area contributed by atoms with Crippen LogP contribution in [0.5, 0.6) is 0 Å². The molecule has 3 aliphatic rings. The van der Waals surface area contributed by atoms with Crippen molar-refractivity contribution in [2.24, 2.45) is 17.6 Å². The molecule has 0 radical (unpaired) electrons.